The first-order valence-electron chi connectivity index (χ1n) is 9.20. The molecule has 1 N–H and O–H groups in total. The molecule has 0 aromatic carbocycles. The molecule has 130 valence electrons. The van der Waals surface area contributed by atoms with Crippen LogP contribution in [0, 0.1) is 28.1 Å². The van der Waals surface area contributed by atoms with Gasteiger partial charge in [0.25, 0.3) is 0 Å². The Labute approximate surface area is 142 Å². The van der Waals surface area contributed by atoms with Gasteiger partial charge >= 0.3 is 5.97 Å². The number of allylic oxidation sites excluding steroid dienone is 2. The first-order valence-corrected chi connectivity index (χ1v) is 9.20. The van der Waals surface area contributed by atoms with Crippen LogP contribution in [0.1, 0.15) is 46.0 Å². The molecule has 24 heavy (non-hydrogen) atoms. The molecule has 0 aromatic rings. The average Bonchev–Trinajstić information content (AvgIpc) is 2.83. The Morgan fingerprint density at radius 1 is 1.33 bits per heavy atom. The van der Waals surface area contributed by atoms with E-state index in [1.807, 2.05) is 6.92 Å². The summed E-state index contributed by atoms with van der Waals surface area (Å²) in [5.41, 5.74) is 0.540. The second-order valence-corrected chi connectivity index (χ2v) is 9.22. The fraction of sp³-hybridized carbons (Fsp3) is 0.750. The lowest BCUT2D eigenvalue weighted by Gasteiger charge is -2.65. The van der Waals surface area contributed by atoms with Gasteiger partial charge in [-0.1, -0.05) is 18.6 Å². The Bertz CT molecular complexity index is 671. The predicted octanol–water partition coefficient (Wildman–Crippen LogP) is 2.97. The molecule has 5 fully saturated rings. The summed E-state index contributed by atoms with van der Waals surface area (Å²) in [6.45, 7) is 8.71. The average molecular weight is 330 g/mol. The van der Waals surface area contributed by atoms with Gasteiger partial charge in [0.05, 0.1) is 6.61 Å². The summed E-state index contributed by atoms with van der Waals surface area (Å²) in [7, 11) is 0. The third-order valence-corrected chi connectivity index (χ3v) is 8.18. The van der Waals surface area contributed by atoms with E-state index in [9.17, 15) is 9.90 Å². The van der Waals surface area contributed by atoms with Crippen molar-refractivity contribution < 1.29 is 19.4 Å². The van der Waals surface area contributed by atoms with Crippen LogP contribution in [0.2, 0.25) is 0 Å². The van der Waals surface area contributed by atoms with E-state index in [1.54, 1.807) is 0 Å². The van der Waals surface area contributed by atoms with E-state index in [-0.39, 0.29) is 28.8 Å². The first kappa shape index (κ1) is 15.2. The van der Waals surface area contributed by atoms with Gasteiger partial charge in [0.15, 0.2) is 5.79 Å². The Balaban J connectivity index is 1.67. The summed E-state index contributed by atoms with van der Waals surface area (Å²) in [5, 5.41) is 11.0. The van der Waals surface area contributed by atoms with Crippen molar-refractivity contribution in [1.29, 1.82) is 0 Å². The van der Waals surface area contributed by atoms with Gasteiger partial charge in [-0.3, -0.25) is 4.79 Å². The fourth-order valence-electron chi connectivity index (χ4n) is 6.71. The van der Waals surface area contributed by atoms with Crippen molar-refractivity contribution in [2.24, 2.45) is 28.1 Å². The third kappa shape index (κ3) is 1.43. The molecule has 3 heterocycles. The Morgan fingerprint density at radius 2 is 2.12 bits per heavy atom. The predicted molar refractivity (Wildman–Crippen MR) is 87.8 cm³/mol. The monoisotopic (exact) mass is 330 g/mol. The van der Waals surface area contributed by atoms with Crippen LogP contribution in [0.4, 0.5) is 0 Å². The highest BCUT2D eigenvalue weighted by molar-refractivity contribution is 5.82. The number of esters is 1. The topological polar surface area (TPSA) is 55.8 Å². The fourth-order valence-corrected chi connectivity index (χ4v) is 6.71. The van der Waals surface area contributed by atoms with E-state index in [0.717, 1.165) is 25.7 Å². The van der Waals surface area contributed by atoms with E-state index in [4.69, 9.17) is 9.47 Å². The number of hydrogen-bond donors (Lipinski definition) is 1. The molecule has 0 aromatic heterocycles. The highest BCUT2D eigenvalue weighted by Crippen LogP contribution is 2.71. The van der Waals surface area contributed by atoms with E-state index in [0.29, 0.717) is 18.9 Å². The molecule has 6 aliphatic rings. The smallest absolute Gasteiger partial charge is 0.318 e. The van der Waals surface area contributed by atoms with Crippen molar-refractivity contribution in [2.75, 3.05) is 6.61 Å². The lowest BCUT2D eigenvalue weighted by atomic mass is 9.42. The van der Waals surface area contributed by atoms with E-state index >= 15 is 0 Å². The number of fused-ring (bicyclic) bond motifs is 3. The highest BCUT2D eigenvalue weighted by atomic mass is 16.6. The minimum Gasteiger partial charge on any atom is -0.457 e. The molecule has 0 radical (unpaired) electrons. The summed E-state index contributed by atoms with van der Waals surface area (Å²) in [6, 6.07) is 0. The van der Waals surface area contributed by atoms with Gasteiger partial charge in [0.2, 0.25) is 0 Å². The number of rotatable bonds is 1. The van der Waals surface area contributed by atoms with Crippen LogP contribution < -0.4 is 0 Å². The molecule has 4 heteroatoms. The summed E-state index contributed by atoms with van der Waals surface area (Å²) >= 11 is 0. The summed E-state index contributed by atoms with van der Waals surface area (Å²) in [6.07, 6.45) is 8.73. The van der Waals surface area contributed by atoms with Crippen molar-refractivity contribution in [2.45, 2.75) is 57.8 Å². The van der Waals surface area contributed by atoms with Crippen molar-refractivity contribution in [1.82, 2.24) is 0 Å². The molecule has 3 saturated heterocycles. The zero-order valence-electron chi connectivity index (χ0n) is 14.5. The van der Waals surface area contributed by atoms with Crippen molar-refractivity contribution in [3.8, 4) is 0 Å². The minimum atomic E-state index is -1.36. The third-order valence-electron chi connectivity index (χ3n) is 8.18. The Morgan fingerprint density at radius 3 is 2.79 bits per heavy atom. The number of carbonyl (C=O) groups is 1. The molecule has 2 bridgehead atoms. The van der Waals surface area contributed by atoms with Crippen LogP contribution in [-0.4, -0.2) is 29.6 Å². The quantitative estimate of drug-likeness (QED) is 0.593. The molecule has 2 saturated carbocycles. The zero-order valence-corrected chi connectivity index (χ0v) is 14.5. The number of ether oxygens (including phenoxy) is 2. The van der Waals surface area contributed by atoms with Crippen LogP contribution in [-0.2, 0) is 14.3 Å². The molecular formula is C20H26O4. The standard InChI is InChI=1S/C20H26O4/c1-4-17(2)6-5-13-12(10-17)9-14-15-18(3,16(21)24-14)20(22)8-7-19(13,15)11-23-20/h4,9,13-15,22H,1,5-8,10-11H2,2-3H3/t13?,14-,15?,17-,18+,19+,20?/m1/s1. The highest BCUT2D eigenvalue weighted by Gasteiger charge is 2.78. The normalized spacial score (nSPS) is 57.7. The largest absolute Gasteiger partial charge is 0.457 e. The summed E-state index contributed by atoms with van der Waals surface area (Å²) < 4.78 is 11.8. The van der Waals surface area contributed by atoms with E-state index < -0.39 is 11.2 Å². The molecule has 6 rings (SSSR count). The second-order valence-electron chi connectivity index (χ2n) is 9.22. The molecule has 3 aliphatic carbocycles. The van der Waals surface area contributed by atoms with Crippen LogP contribution in [0.25, 0.3) is 0 Å². The molecule has 7 atom stereocenters. The molecule has 3 aliphatic heterocycles. The maximum Gasteiger partial charge on any atom is 0.318 e. The second kappa shape index (κ2) is 4.16. The molecule has 3 unspecified atom stereocenters. The summed E-state index contributed by atoms with van der Waals surface area (Å²) in [5.74, 6) is -1.18. The van der Waals surface area contributed by atoms with Gasteiger partial charge in [-0.2, -0.15) is 0 Å². The van der Waals surface area contributed by atoms with Gasteiger partial charge in [-0.15, -0.1) is 6.58 Å². The number of carbonyl (C=O) groups excluding carboxylic acids is 1. The lowest BCUT2D eigenvalue weighted by Crippen LogP contribution is -2.71. The minimum absolute atomic E-state index is 0.0341. The van der Waals surface area contributed by atoms with Gasteiger partial charge in [-0.05, 0) is 50.0 Å². The number of aliphatic hydroxyl groups is 1. The molecule has 4 nitrogen and oxygen atoms in total. The van der Waals surface area contributed by atoms with Crippen LogP contribution in [0.3, 0.4) is 0 Å². The van der Waals surface area contributed by atoms with Crippen molar-refractivity contribution in [3.63, 3.8) is 0 Å². The zero-order chi connectivity index (χ0) is 17.0. The van der Waals surface area contributed by atoms with Crippen LogP contribution >= 0.6 is 0 Å². The number of hydrogen-bond acceptors (Lipinski definition) is 4. The molecular weight excluding hydrogens is 304 g/mol. The van der Waals surface area contributed by atoms with Crippen molar-refractivity contribution in [3.05, 3.63) is 24.3 Å². The Hall–Kier alpha value is -1.13. The lowest BCUT2D eigenvalue weighted by molar-refractivity contribution is -0.367. The maximum absolute atomic E-state index is 12.7. The van der Waals surface area contributed by atoms with Crippen molar-refractivity contribution >= 4 is 5.97 Å². The summed E-state index contributed by atoms with van der Waals surface area (Å²) in [4.78, 5) is 12.7. The maximum atomic E-state index is 12.7. The van der Waals surface area contributed by atoms with E-state index in [2.05, 4.69) is 25.7 Å². The van der Waals surface area contributed by atoms with Gasteiger partial charge in [0.1, 0.15) is 11.5 Å². The van der Waals surface area contributed by atoms with E-state index in [1.165, 1.54) is 5.57 Å². The van der Waals surface area contributed by atoms with Gasteiger partial charge in [-0.25, -0.2) is 0 Å². The molecule has 0 amide bonds. The van der Waals surface area contributed by atoms with Gasteiger partial charge in [0, 0.05) is 17.8 Å². The first-order chi connectivity index (χ1) is 11.3. The van der Waals surface area contributed by atoms with Crippen LogP contribution in [0.5, 0.6) is 0 Å². The van der Waals surface area contributed by atoms with Crippen LogP contribution in [0.15, 0.2) is 24.3 Å². The SMILES string of the molecule is C=C[C@]1(C)CCC2C(=C[C@H]3OC(=O)[C@]4(C)C3[C@]23CCC4(O)OC3)C1. The molecule has 1 spiro atoms. The Kier molecular flexibility index (Phi) is 2.62. The van der Waals surface area contributed by atoms with Gasteiger partial charge < -0.3 is 14.6 Å².